The van der Waals surface area contributed by atoms with Gasteiger partial charge in [0.25, 0.3) is 0 Å². The van der Waals surface area contributed by atoms with Crippen LogP contribution in [0.1, 0.15) is 62.6 Å². The predicted octanol–water partition coefficient (Wildman–Crippen LogP) is 6.69. The quantitative estimate of drug-likeness (QED) is 0.378. The second-order valence-corrected chi connectivity index (χ2v) is 7.60. The molecular weight excluding hydrogens is 370 g/mol. The molecule has 0 aliphatic heterocycles. The number of hydrogen-bond donors (Lipinski definition) is 1. The number of halogens is 1. The molecule has 0 bridgehead atoms. The maximum atomic E-state index is 6.51. The first kappa shape index (κ1) is 22.6. The van der Waals surface area contributed by atoms with Crippen LogP contribution in [0, 0.1) is 6.92 Å². The summed E-state index contributed by atoms with van der Waals surface area (Å²) in [6, 6.07) is 12.2. The molecule has 0 unspecified atom stereocenters. The van der Waals surface area contributed by atoms with Gasteiger partial charge in [-0.05, 0) is 44.0 Å². The highest BCUT2D eigenvalue weighted by atomic mass is 35.5. The monoisotopic (exact) mass is 403 g/mol. The lowest BCUT2D eigenvalue weighted by Crippen LogP contribution is -2.15. The van der Waals surface area contributed by atoms with Gasteiger partial charge in [0.2, 0.25) is 0 Å². The van der Waals surface area contributed by atoms with Gasteiger partial charge in [0.1, 0.15) is 6.61 Å². The van der Waals surface area contributed by atoms with Crippen molar-refractivity contribution < 1.29 is 9.47 Å². The van der Waals surface area contributed by atoms with Gasteiger partial charge in [-0.25, -0.2) is 0 Å². The topological polar surface area (TPSA) is 30.5 Å². The molecule has 0 saturated carbocycles. The molecule has 154 valence electrons. The van der Waals surface area contributed by atoms with Crippen molar-refractivity contribution in [3.05, 3.63) is 58.1 Å². The molecule has 0 atom stereocenters. The normalized spacial score (nSPS) is 10.9. The van der Waals surface area contributed by atoms with Crippen LogP contribution in [0.25, 0.3) is 0 Å². The summed E-state index contributed by atoms with van der Waals surface area (Å²) in [6.45, 7) is 9.13. The van der Waals surface area contributed by atoms with Gasteiger partial charge in [-0.3, -0.25) is 0 Å². The summed E-state index contributed by atoms with van der Waals surface area (Å²) in [6.07, 6.45) is 6.41. The summed E-state index contributed by atoms with van der Waals surface area (Å²) in [5, 5.41) is 4.20. The van der Waals surface area contributed by atoms with Gasteiger partial charge >= 0.3 is 0 Å². The molecule has 0 aliphatic rings. The zero-order valence-electron chi connectivity index (χ0n) is 17.5. The fourth-order valence-electron chi connectivity index (χ4n) is 3.13. The third-order valence-electron chi connectivity index (χ3n) is 4.66. The number of ether oxygens (including phenoxy) is 2. The average Bonchev–Trinajstić information content (AvgIpc) is 2.68. The first-order valence-corrected chi connectivity index (χ1v) is 10.9. The Hall–Kier alpha value is -1.71. The largest absolute Gasteiger partial charge is 0.490 e. The van der Waals surface area contributed by atoms with E-state index in [9.17, 15) is 0 Å². The number of nitrogens with one attached hydrogen (secondary N) is 1. The molecule has 0 saturated heterocycles. The number of hydrogen-bond acceptors (Lipinski definition) is 3. The van der Waals surface area contributed by atoms with Crippen molar-refractivity contribution in [2.75, 3.05) is 13.2 Å². The summed E-state index contributed by atoms with van der Waals surface area (Å²) in [5.74, 6) is 1.44. The number of benzene rings is 2. The van der Waals surface area contributed by atoms with E-state index in [1.807, 2.05) is 25.1 Å². The molecule has 3 nitrogen and oxygen atoms in total. The summed E-state index contributed by atoms with van der Waals surface area (Å²) in [5.41, 5.74) is 3.40. The van der Waals surface area contributed by atoms with E-state index < -0.39 is 0 Å². The lowest BCUT2D eigenvalue weighted by Gasteiger charge is -2.15. The van der Waals surface area contributed by atoms with Gasteiger partial charge in [0.15, 0.2) is 11.5 Å². The molecule has 0 spiro atoms. The summed E-state index contributed by atoms with van der Waals surface area (Å²) >= 11 is 6.51. The second kappa shape index (κ2) is 12.7. The van der Waals surface area contributed by atoms with Crippen LogP contribution in [0.5, 0.6) is 11.5 Å². The Kier molecular flexibility index (Phi) is 10.2. The minimum atomic E-state index is 0.493. The van der Waals surface area contributed by atoms with Crippen LogP contribution in [0.3, 0.4) is 0 Å². The van der Waals surface area contributed by atoms with E-state index in [1.54, 1.807) is 0 Å². The van der Waals surface area contributed by atoms with E-state index in [0.29, 0.717) is 24.0 Å². The Labute approximate surface area is 175 Å². The van der Waals surface area contributed by atoms with Crippen molar-refractivity contribution in [3.63, 3.8) is 0 Å². The zero-order chi connectivity index (χ0) is 20.2. The molecule has 0 aromatic heterocycles. The fraction of sp³-hybridized carbons (Fsp3) is 0.500. The SMILES string of the molecule is CCCCCCCNCc1cc(OCC)c(OCc2cccc(C)c2)cc1Cl. The lowest BCUT2D eigenvalue weighted by molar-refractivity contribution is 0.269. The predicted molar refractivity (Wildman–Crippen MR) is 119 cm³/mol. The summed E-state index contributed by atoms with van der Waals surface area (Å²) in [4.78, 5) is 0. The molecule has 4 heteroatoms. The second-order valence-electron chi connectivity index (χ2n) is 7.19. The van der Waals surface area contributed by atoms with Gasteiger partial charge < -0.3 is 14.8 Å². The minimum absolute atomic E-state index is 0.493. The molecule has 0 heterocycles. The standard InChI is InChI=1S/C24H34ClNO2/c1-4-6-7-8-9-13-26-17-21-15-23(27-5-2)24(16-22(21)25)28-18-20-12-10-11-19(3)14-20/h10-12,14-16,26H,4-9,13,17-18H2,1-3H3. The summed E-state index contributed by atoms with van der Waals surface area (Å²) in [7, 11) is 0. The van der Waals surface area contributed by atoms with E-state index in [0.717, 1.165) is 30.0 Å². The third-order valence-corrected chi connectivity index (χ3v) is 5.01. The molecule has 2 rings (SSSR count). The van der Waals surface area contributed by atoms with Gasteiger partial charge in [-0.2, -0.15) is 0 Å². The molecule has 0 fully saturated rings. The lowest BCUT2D eigenvalue weighted by atomic mass is 10.1. The van der Waals surface area contributed by atoms with E-state index in [4.69, 9.17) is 21.1 Å². The Morgan fingerprint density at radius 1 is 0.929 bits per heavy atom. The maximum Gasteiger partial charge on any atom is 0.163 e. The van der Waals surface area contributed by atoms with Crippen molar-refractivity contribution >= 4 is 11.6 Å². The molecule has 2 aromatic carbocycles. The smallest absolute Gasteiger partial charge is 0.163 e. The average molecular weight is 404 g/mol. The third kappa shape index (κ3) is 7.73. The molecule has 1 N–H and O–H groups in total. The van der Waals surface area contributed by atoms with Gasteiger partial charge in [-0.1, -0.05) is 74.0 Å². The van der Waals surface area contributed by atoms with E-state index in [2.05, 4.69) is 37.4 Å². The first-order valence-electron chi connectivity index (χ1n) is 10.5. The van der Waals surface area contributed by atoms with Crippen LogP contribution in [-0.2, 0) is 13.2 Å². The molecule has 0 radical (unpaired) electrons. The number of aryl methyl sites for hydroxylation is 1. The Balaban J connectivity index is 1.94. The van der Waals surface area contributed by atoms with E-state index in [-0.39, 0.29) is 0 Å². The van der Waals surface area contributed by atoms with Crippen LogP contribution in [-0.4, -0.2) is 13.2 Å². The van der Waals surface area contributed by atoms with Crippen LogP contribution in [0.4, 0.5) is 0 Å². The van der Waals surface area contributed by atoms with Crippen molar-refractivity contribution in [2.45, 2.75) is 66.0 Å². The molecule has 28 heavy (non-hydrogen) atoms. The van der Waals surface area contributed by atoms with Gasteiger partial charge in [-0.15, -0.1) is 0 Å². The molecule has 0 aliphatic carbocycles. The van der Waals surface area contributed by atoms with Crippen LogP contribution >= 0.6 is 11.6 Å². The van der Waals surface area contributed by atoms with Crippen molar-refractivity contribution in [1.82, 2.24) is 5.32 Å². The van der Waals surface area contributed by atoms with Gasteiger partial charge in [0, 0.05) is 17.6 Å². The maximum absolute atomic E-state index is 6.51. The minimum Gasteiger partial charge on any atom is -0.490 e. The van der Waals surface area contributed by atoms with Crippen molar-refractivity contribution in [2.24, 2.45) is 0 Å². The number of rotatable bonds is 13. The highest BCUT2D eigenvalue weighted by Crippen LogP contribution is 2.34. The Morgan fingerprint density at radius 2 is 1.71 bits per heavy atom. The van der Waals surface area contributed by atoms with Crippen LogP contribution in [0.2, 0.25) is 5.02 Å². The van der Waals surface area contributed by atoms with Crippen molar-refractivity contribution in [3.8, 4) is 11.5 Å². The van der Waals surface area contributed by atoms with Crippen LogP contribution in [0.15, 0.2) is 36.4 Å². The van der Waals surface area contributed by atoms with Crippen molar-refractivity contribution in [1.29, 1.82) is 0 Å². The summed E-state index contributed by atoms with van der Waals surface area (Å²) < 4.78 is 11.8. The highest BCUT2D eigenvalue weighted by molar-refractivity contribution is 6.31. The zero-order valence-corrected chi connectivity index (χ0v) is 18.3. The fourth-order valence-corrected chi connectivity index (χ4v) is 3.35. The van der Waals surface area contributed by atoms with E-state index >= 15 is 0 Å². The number of unbranched alkanes of at least 4 members (excludes halogenated alkanes) is 4. The molecular formula is C24H34ClNO2. The Morgan fingerprint density at radius 3 is 2.46 bits per heavy atom. The molecule has 0 amide bonds. The highest BCUT2D eigenvalue weighted by Gasteiger charge is 2.11. The Bertz CT molecular complexity index is 718. The molecule has 2 aromatic rings. The van der Waals surface area contributed by atoms with E-state index in [1.165, 1.54) is 37.7 Å². The van der Waals surface area contributed by atoms with Gasteiger partial charge in [0.05, 0.1) is 6.61 Å². The first-order chi connectivity index (χ1) is 13.6. The van der Waals surface area contributed by atoms with Crippen LogP contribution < -0.4 is 14.8 Å².